The SMILES string of the molecule is CC(=C\C(C)=C\c1ccc([N+](=O)[O-])cc1)/C=C(C)/C=C(\C)CCc1oc(=O)c(C)c([O-])c1C. The fourth-order valence-electron chi connectivity index (χ4n) is 3.57. The van der Waals surface area contributed by atoms with E-state index in [1.807, 2.05) is 39.8 Å². The van der Waals surface area contributed by atoms with Gasteiger partial charge in [-0.2, -0.15) is 0 Å². The Morgan fingerprint density at radius 1 is 0.939 bits per heavy atom. The number of benzene rings is 1. The van der Waals surface area contributed by atoms with Gasteiger partial charge in [0.05, 0.1) is 4.92 Å². The molecule has 0 fully saturated rings. The number of allylic oxidation sites excluding steroid dienone is 7. The summed E-state index contributed by atoms with van der Waals surface area (Å²) in [5, 5.41) is 22.8. The molecule has 0 amide bonds. The van der Waals surface area contributed by atoms with Crippen LogP contribution < -0.4 is 10.7 Å². The number of nitro benzene ring substituents is 1. The molecular weight excluding hydrogens is 418 g/mol. The molecule has 0 bridgehead atoms. The lowest BCUT2D eigenvalue weighted by molar-refractivity contribution is -0.384. The van der Waals surface area contributed by atoms with Gasteiger partial charge >= 0.3 is 5.63 Å². The van der Waals surface area contributed by atoms with E-state index in [4.69, 9.17) is 4.42 Å². The first-order valence-electron chi connectivity index (χ1n) is 10.7. The molecule has 0 aliphatic rings. The molecule has 0 radical (unpaired) electrons. The van der Waals surface area contributed by atoms with Gasteiger partial charge in [0.1, 0.15) is 5.76 Å². The third kappa shape index (κ3) is 7.45. The molecule has 0 N–H and O–H groups in total. The zero-order valence-electron chi connectivity index (χ0n) is 20.0. The van der Waals surface area contributed by atoms with E-state index in [-0.39, 0.29) is 17.0 Å². The maximum absolute atomic E-state index is 12.1. The number of rotatable bonds is 8. The molecule has 2 aromatic rings. The molecular formula is C27H30NO5-. The van der Waals surface area contributed by atoms with Crippen LogP contribution in [0.4, 0.5) is 5.69 Å². The van der Waals surface area contributed by atoms with Crippen molar-refractivity contribution in [2.75, 3.05) is 0 Å². The van der Waals surface area contributed by atoms with E-state index >= 15 is 0 Å². The van der Waals surface area contributed by atoms with Crippen molar-refractivity contribution < 1.29 is 14.4 Å². The standard InChI is InChI=1S/C27H31NO5/c1-17(7-12-25-21(5)26(29)22(6)27(30)33-25)13-18(2)14-19(3)15-20(4)16-23-8-10-24(11-9-23)28(31)32/h8-11,13-16,29H,7,12H2,1-6H3/p-1/b17-13+,18-14+,19-15+,20-16+. The Morgan fingerprint density at radius 2 is 1.52 bits per heavy atom. The fourth-order valence-corrected chi connectivity index (χ4v) is 3.57. The number of hydrogen-bond donors (Lipinski definition) is 0. The highest BCUT2D eigenvalue weighted by Crippen LogP contribution is 2.21. The minimum absolute atomic E-state index is 0.0744. The fraction of sp³-hybridized carbons (Fsp3) is 0.296. The number of non-ortho nitro benzene ring substituents is 1. The topological polar surface area (TPSA) is 96.4 Å². The average molecular weight is 449 g/mol. The molecule has 0 aliphatic heterocycles. The van der Waals surface area contributed by atoms with Gasteiger partial charge in [0.25, 0.3) is 5.69 Å². The minimum Gasteiger partial charge on any atom is -0.872 e. The van der Waals surface area contributed by atoms with Crippen LogP contribution >= 0.6 is 0 Å². The highest BCUT2D eigenvalue weighted by atomic mass is 16.6. The van der Waals surface area contributed by atoms with Crippen molar-refractivity contribution in [3.05, 3.63) is 108 Å². The van der Waals surface area contributed by atoms with Crippen LogP contribution in [0.5, 0.6) is 5.75 Å². The second-order valence-electron chi connectivity index (χ2n) is 8.40. The van der Waals surface area contributed by atoms with Gasteiger partial charge in [-0.1, -0.05) is 52.3 Å². The Hall–Kier alpha value is -3.67. The smallest absolute Gasteiger partial charge is 0.338 e. The Kier molecular flexibility index (Phi) is 8.74. The van der Waals surface area contributed by atoms with Crippen molar-refractivity contribution in [3.8, 4) is 5.75 Å². The normalized spacial score (nSPS) is 13.4. The second kappa shape index (κ2) is 11.3. The van der Waals surface area contributed by atoms with Gasteiger partial charge in [0.2, 0.25) is 0 Å². The number of nitro groups is 1. The van der Waals surface area contributed by atoms with Crippen LogP contribution in [0.3, 0.4) is 0 Å². The third-order valence-corrected chi connectivity index (χ3v) is 5.25. The largest absolute Gasteiger partial charge is 0.872 e. The predicted molar refractivity (Wildman–Crippen MR) is 130 cm³/mol. The van der Waals surface area contributed by atoms with Crippen molar-refractivity contribution in [1.29, 1.82) is 0 Å². The summed E-state index contributed by atoms with van der Waals surface area (Å²) in [5.74, 6) is 0.213. The summed E-state index contributed by atoms with van der Waals surface area (Å²) in [6.07, 6.45) is 9.35. The van der Waals surface area contributed by atoms with Gasteiger partial charge in [0.15, 0.2) is 0 Å². The molecule has 0 aliphatic carbocycles. The van der Waals surface area contributed by atoms with Gasteiger partial charge in [0, 0.05) is 24.1 Å². The van der Waals surface area contributed by atoms with E-state index < -0.39 is 10.5 Å². The molecule has 0 spiro atoms. The van der Waals surface area contributed by atoms with Crippen LogP contribution in [0.15, 0.2) is 74.0 Å². The third-order valence-electron chi connectivity index (χ3n) is 5.25. The highest BCUT2D eigenvalue weighted by Gasteiger charge is 2.08. The van der Waals surface area contributed by atoms with Crippen LogP contribution in [0.1, 0.15) is 56.6 Å². The summed E-state index contributed by atoms with van der Waals surface area (Å²) in [5.41, 5.74) is 5.34. The molecule has 0 saturated carbocycles. The molecule has 2 rings (SSSR count). The minimum atomic E-state index is -0.559. The zero-order chi connectivity index (χ0) is 24.7. The van der Waals surface area contributed by atoms with Crippen molar-refractivity contribution in [2.24, 2.45) is 0 Å². The lowest BCUT2D eigenvalue weighted by atomic mass is 10.0. The Balaban J connectivity index is 2.06. The summed E-state index contributed by atoms with van der Waals surface area (Å²) < 4.78 is 5.30. The summed E-state index contributed by atoms with van der Waals surface area (Å²) in [7, 11) is 0. The average Bonchev–Trinajstić information content (AvgIpc) is 2.73. The molecule has 1 aromatic heterocycles. The zero-order valence-corrected chi connectivity index (χ0v) is 20.0. The maximum atomic E-state index is 12.1. The molecule has 1 heterocycles. The van der Waals surface area contributed by atoms with Crippen LogP contribution in [0.2, 0.25) is 0 Å². The lowest BCUT2D eigenvalue weighted by Crippen LogP contribution is -2.12. The van der Waals surface area contributed by atoms with E-state index in [0.717, 1.165) is 27.9 Å². The van der Waals surface area contributed by atoms with E-state index in [1.54, 1.807) is 19.1 Å². The quantitative estimate of drug-likeness (QED) is 0.276. The van der Waals surface area contributed by atoms with Gasteiger partial charge in [-0.25, -0.2) is 4.79 Å². The molecule has 0 atom stereocenters. The first-order chi connectivity index (χ1) is 15.5. The molecule has 6 heteroatoms. The molecule has 1 aromatic carbocycles. The van der Waals surface area contributed by atoms with E-state index in [2.05, 4.69) is 12.2 Å². The van der Waals surface area contributed by atoms with Gasteiger partial charge in [-0.3, -0.25) is 10.1 Å². The lowest BCUT2D eigenvalue weighted by Gasteiger charge is -2.15. The Morgan fingerprint density at radius 3 is 2.12 bits per heavy atom. The predicted octanol–water partition coefficient (Wildman–Crippen LogP) is 6.11. The summed E-state index contributed by atoms with van der Waals surface area (Å²) in [6, 6.07) is 6.44. The Bertz CT molecular complexity index is 1210. The van der Waals surface area contributed by atoms with Crippen LogP contribution in [-0.4, -0.2) is 4.92 Å². The summed E-state index contributed by atoms with van der Waals surface area (Å²) in [4.78, 5) is 22.1. The van der Waals surface area contributed by atoms with Crippen LogP contribution in [-0.2, 0) is 6.42 Å². The monoisotopic (exact) mass is 448 g/mol. The number of nitrogens with zero attached hydrogens (tertiary/aromatic N) is 1. The van der Waals surface area contributed by atoms with E-state index in [9.17, 15) is 20.0 Å². The van der Waals surface area contributed by atoms with E-state index in [0.29, 0.717) is 24.2 Å². The maximum Gasteiger partial charge on any atom is 0.338 e. The van der Waals surface area contributed by atoms with Crippen molar-refractivity contribution in [1.82, 2.24) is 0 Å². The number of aryl methyl sites for hydroxylation is 1. The van der Waals surface area contributed by atoms with Gasteiger partial charge < -0.3 is 9.52 Å². The molecule has 174 valence electrons. The van der Waals surface area contributed by atoms with Crippen molar-refractivity contribution >= 4 is 11.8 Å². The van der Waals surface area contributed by atoms with E-state index in [1.165, 1.54) is 19.1 Å². The van der Waals surface area contributed by atoms with Gasteiger partial charge in [-0.15, -0.1) is 0 Å². The number of hydrogen-bond acceptors (Lipinski definition) is 5. The van der Waals surface area contributed by atoms with Crippen molar-refractivity contribution in [2.45, 2.75) is 54.4 Å². The molecule has 6 nitrogen and oxygen atoms in total. The van der Waals surface area contributed by atoms with Gasteiger partial charge in [-0.05, 0) is 71.2 Å². The molecule has 0 unspecified atom stereocenters. The Labute approximate surface area is 194 Å². The molecule has 0 saturated heterocycles. The second-order valence-corrected chi connectivity index (χ2v) is 8.40. The summed E-state index contributed by atoms with van der Waals surface area (Å²) in [6.45, 7) is 11.2. The van der Waals surface area contributed by atoms with Crippen LogP contribution in [0.25, 0.3) is 6.08 Å². The molecule has 33 heavy (non-hydrogen) atoms. The first-order valence-corrected chi connectivity index (χ1v) is 10.7. The van der Waals surface area contributed by atoms with Crippen molar-refractivity contribution in [3.63, 3.8) is 0 Å². The highest BCUT2D eigenvalue weighted by molar-refractivity contribution is 5.57. The summed E-state index contributed by atoms with van der Waals surface area (Å²) >= 11 is 0. The first kappa shape index (κ1) is 25.6. The van der Waals surface area contributed by atoms with Crippen LogP contribution in [0, 0.1) is 24.0 Å².